The molecule has 4 heteroatoms. The van der Waals surface area contributed by atoms with Crippen LogP contribution in [0.3, 0.4) is 0 Å². The fourth-order valence-corrected chi connectivity index (χ4v) is 10.4. The van der Waals surface area contributed by atoms with Gasteiger partial charge < -0.3 is 4.90 Å². The number of fused-ring (bicyclic) bond motifs is 7. The summed E-state index contributed by atoms with van der Waals surface area (Å²) in [6.07, 6.45) is 11.6. The first-order chi connectivity index (χ1) is 16.5. The standard InChI is InChI=1S/C32H46N2O2/c1-27(2)12-14-32(34(8)9)15-13-31(7)25(21(32)18-27)22(35)16-24-29(5)17-20(19-33)26(36)28(3,4)23(29)10-11-30(24,31)6/h16-17,21,23,25H,10-15,18H2,1-9H3/t21-,23-,25-,29-,30+,31+,32-/m0/s1. The van der Waals surface area contributed by atoms with Crippen molar-refractivity contribution in [2.24, 2.45) is 44.8 Å². The summed E-state index contributed by atoms with van der Waals surface area (Å²) in [6, 6.07) is 2.21. The van der Waals surface area contributed by atoms with Crippen LogP contribution < -0.4 is 0 Å². The van der Waals surface area contributed by atoms with Crippen LogP contribution in [-0.2, 0) is 9.59 Å². The van der Waals surface area contributed by atoms with Crippen molar-refractivity contribution in [1.29, 1.82) is 5.26 Å². The molecule has 0 heterocycles. The molecule has 0 aromatic carbocycles. The van der Waals surface area contributed by atoms with E-state index in [2.05, 4.69) is 59.7 Å². The maximum atomic E-state index is 14.4. The minimum absolute atomic E-state index is 0.0137. The number of Topliss-reactive ketones (excluding diaryl/α,β-unsaturated/α-hetero) is 1. The Bertz CT molecular complexity index is 1140. The van der Waals surface area contributed by atoms with E-state index in [4.69, 9.17) is 0 Å². The number of rotatable bonds is 1. The van der Waals surface area contributed by atoms with E-state index < -0.39 is 10.8 Å². The minimum Gasteiger partial charge on any atom is -0.303 e. The quantitative estimate of drug-likeness (QED) is 0.420. The summed E-state index contributed by atoms with van der Waals surface area (Å²) in [6.45, 7) is 15.8. The van der Waals surface area contributed by atoms with Gasteiger partial charge in [0, 0.05) is 22.3 Å². The summed E-state index contributed by atoms with van der Waals surface area (Å²) in [5.74, 6) is 0.708. The summed E-state index contributed by atoms with van der Waals surface area (Å²) in [5, 5.41) is 9.88. The van der Waals surface area contributed by atoms with Crippen LogP contribution in [0.5, 0.6) is 0 Å². The van der Waals surface area contributed by atoms with Gasteiger partial charge in [-0.25, -0.2) is 0 Å². The van der Waals surface area contributed by atoms with Crippen LogP contribution in [0.1, 0.15) is 93.4 Å². The Balaban J connectivity index is 1.70. The Labute approximate surface area is 218 Å². The molecule has 3 fully saturated rings. The number of allylic oxidation sites excluding steroid dienone is 4. The summed E-state index contributed by atoms with van der Waals surface area (Å²) in [4.78, 5) is 30.1. The zero-order valence-corrected chi connectivity index (χ0v) is 24.0. The number of nitriles is 1. The molecule has 0 aliphatic heterocycles. The molecule has 0 spiro atoms. The first-order valence-corrected chi connectivity index (χ1v) is 14.1. The van der Waals surface area contributed by atoms with Crippen molar-refractivity contribution in [2.45, 2.75) is 99.0 Å². The van der Waals surface area contributed by atoms with Gasteiger partial charge >= 0.3 is 0 Å². The van der Waals surface area contributed by atoms with E-state index in [9.17, 15) is 14.9 Å². The maximum Gasteiger partial charge on any atom is 0.178 e. The normalized spacial score (nSPS) is 47.0. The van der Waals surface area contributed by atoms with E-state index in [1.165, 1.54) is 12.0 Å². The second-order valence-electron chi connectivity index (χ2n) is 15.3. The number of nitrogens with zero attached hydrogens (tertiary/aromatic N) is 2. The molecule has 5 aliphatic carbocycles. The molecule has 196 valence electrons. The molecule has 5 aliphatic rings. The van der Waals surface area contributed by atoms with Crippen molar-refractivity contribution in [3.8, 4) is 6.07 Å². The highest BCUT2D eigenvalue weighted by molar-refractivity contribution is 6.04. The van der Waals surface area contributed by atoms with Crippen molar-refractivity contribution in [3.05, 3.63) is 23.3 Å². The highest BCUT2D eigenvalue weighted by Gasteiger charge is 2.70. The lowest BCUT2D eigenvalue weighted by Crippen LogP contribution is -2.68. The molecule has 0 bridgehead atoms. The van der Waals surface area contributed by atoms with Gasteiger partial charge in [0.25, 0.3) is 0 Å². The van der Waals surface area contributed by atoms with Gasteiger partial charge in [-0.2, -0.15) is 5.26 Å². The van der Waals surface area contributed by atoms with E-state index in [1.54, 1.807) is 0 Å². The highest BCUT2D eigenvalue weighted by Crippen LogP contribution is 2.73. The average molecular weight is 491 g/mol. The maximum absolute atomic E-state index is 14.4. The van der Waals surface area contributed by atoms with Crippen LogP contribution in [-0.4, -0.2) is 36.1 Å². The molecule has 0 aromatic rings. The van der Waals surface area contributed by atoms with Crippen molar-refractivity contribution >= 4 is 11.6 Å². The molecule has 0 saturated heterocycles. The molecule has 0 N–H and O–H groups in total. The first kappa shape index (κ1) is 25.9. The van der Waals surface area contributed by atoms with Crippen LogP contribution >= 0.6 is 0 Å². The molecule has 7 atom stereocenters. The Morgan fingerprint density at radius 1 is 0.944 bits per heavy atom. The van der Waals surface area contributed by atoms with Crippen LogP contribution in [0.4, 0.5) is 0 Å². The molecular weight excluding hydrogens is 444 g/mol. The smallest absolute Gasteiger partial charge is 0.178 e. The number of hydrogen-bond acceptors (Lipinski definition) is 4. The fraction of sp³-hybridized carbons (Fsp3) is 0.781. The van der Waals surface area contributed by atoms with E-state index >= 15 is 0 Å². The molecule has 0 amide bonds. The average Bonchev–Trinajstić information content (AvgIpc) is 2.77. The van der Waals surface area contributed by atoms with Crippen molar-refractivity contribution < 1.29 is 9.59 Å². The van der Waals surface area contributed by atoms with Crippen molar-refractivity contribution in [3.63, 3.8) is 0 Å². The second kappa shape index (κ2) is 7.43. The van der Waals surface area contributed by atoms with Gasteiger partial charge in [0.15, 0.2) is 11.6 Å². The monoisotopic (exact) mass is 490 g/mol. The topological polar surface area (TPSA) is 61.2 Å². The lowest BCUT2D eigenvalue weighted by molar-refractivity contribution is -0.173. The zero-order valence-electron chi connectivity index (χ0n) is 24.0. The van der Waals surface area contributed by atoms with Gasteiger partial charge in [0.1, 0.15) is 6.07 Å². The lowest BCUT2D eigenvalue weighted by atomic mass is 9.35. The molecule has 0 radical (unpaired) electrons. The lowest BCUT2D eigenvalue weighted by Gasteiger charge is -2.70. The Kier molecular flexibility index (Phi) is 5.35. The number of hydrogen-bond donors (Lipinski definition) is 0. The number of carbonyl (C=O) groups is 2. The summed E-state index contributed by atoms with van der Waals surface area (Å²) >= 11 is 0. The number of carbonyl (C=O) groups excluding carboxylic acids is 2. The Morgan fingerprint density at radius 3 is 2.19 bits per heavy atom. The Hall–Kier alpha value is -1.73. The molecule has 4 nitrogen and oxygen atoms in total. The van der Waals surface area contributed by atoms with Crippen LogP contribution in [0.15, 0.2) is 23.3 Å². The molecular formula is C32H46N2O2. The molecule has 0 aromatic heterocycles. The predicted molar refractivity (Wildman–Crippen MR) is 143 cm³/mol. The minimum atomic E-state index is -0.614. The third-order valence-electron chi connectivity index (χ3n) is 12.7. The summed E-state index contributed by atoms with van der Waals surface area (Å²) in [7, 11) is 4.46. The number of ketones is 2. The highest BCUT2D eigenvalue weighted by atomic mass is 16.1. The van der Waals surface area contributed by atoms with E-state index in [0.717, 1.165) is 38.5 Å². The zero-order chi connectivity index (χ0) is 26.7. The van der Waals surface area contributed by atoms with E-state index in [0.29, 0.717) is 11.7 Å². The third kappa shape index (κ3) is 2.96. The SMILES string of the molecule is CN(C)[C@]12CCC(C)(C)C[C@H]1[C@H]1C(=O)C=C3[C@@]4(C)C=C(C#N)C(=O)C(C)(C)[C@@H]4CC[C@@]3(C)[C@]1(C)CC2. The summed E-state index contributed by atoms with van der Waals surface area (Å²) < 4.78 is 0. The molecule has 3 saturated carbocycles. The second-order valence-corrected chi connectivity index (χ2v) is 15.3. The van der Waals surface area contributed by atoms with Gasteiger partial charge in [-0.1, -0.05) is 60.1 Å². The van der Waals surface area contributed by atoms with Gasteiger partial charge in [0.2, 0.25) is 0 Å². The van der Waals surface area contributed by atoms with Crippen molar-refractivity contribution in [1.82, 2.24) is 4.90 Å². The first-order valence-electron chi connectivity index (χ1n) is 14.1. The largest absolute Gasteiger partial charge is 0.303 e. The van der Waals surface area contributed by atoms with Crippen LogP contribution in [0.2, 0.25) is 0 Å². The van der Waals surface area contributed by atoms with Gasteiger partial charge in [-0.15, -0.1) is 0 Å². The summed E-state index contributed by atoms with van der Waals surface area (Å²) in [5.41, 5.74) is 0.458. The van der Waals surface area contributed by atoms with Gasteiger partial charge in [0.05, 0.1) is 5.57 Å². The molecule has 5 rings (SSSR count). The Morgan fingerprint density at radius 2 is 1.58 bits per heavy atom. The van der Waals surface area contributed by atoms with Crippen LogP contribution in [0.25, 0.3) is 0 Å². The third-order valence-corrected chi connectivity index (χ3v) is 12.7. The molecule has 0 unspecified atom stereocenters. The van der Waals surface area contributed by atoms with Crippen LogP contribution in [0, 0.1) is 56.2 Å². The molecule has 36 heavy (non-hydrogen) atoms. The van der Waals surface area contributed by atoms with Crippen molar-refractivity contribution in [2.75, 3.05) is 14.1 Å². The van der Waals surface area contributed by atoms with Gasteiger partial charge in [-0.05, 0) is 93.2 Å². The predicted octanol–water partition coefficient (Wildman–Crippen LogP) is 6.52. The van der Waals surface area contributed by atoms with E-state index in [1.807, 2.05) is 26.0 Å². The van der Waals surface area contributed by atoms with E-state index in [-0.39, 0.29) is 45.0 Å². The fourth-order valence-electron chi connectivity index (χ4n) is 10.4. The van der Waals surface area contributed by atoms with Gasteiger partial charge in [-0.3, -0.25) is 9.59 Å².